The molecule has 8 heteroatoms. The summed E-state index contributed by atoms with van der Waals surface area (Å²) in [4.78, 5) is 12.0. The smallest absolute Gasteiger partial charge is 0.433 e. The summed E-state index contributed by atoms with van der Waals surface area (Å²) in [6, 6.07) is -0.405. The van der Waals surface area contributed by atoms with Gasteiger partial charge < -0.3 is 10.1 Å². The topological polar surface area (TPSA) is 56.1 Å². The Morgan fingerprint density at radius 2 is 2.10 bits per heavy atom. The Morgan fingerprint density at radius 3 is 2.57 bits per heavy atom. The number of carbonyl (C=O) groups excluding carboxylic acids is 1. The van der Waals surface area contributed by atoms with Gasteiger partial charge in [-0.25, -0.2) is 4.79 Å². The van der Waals surface area contributed by atoms with E-state index in [1.807, 2.05) is 0 Å². The number of esters is 1. The zero-order valence-corrected chi connectivity index (χ0v) is 12.1. The van der Waals surface area contributed by atoms with Gasteiger partial charge in [0, 0.05) is 6.54 Å². The molecule has 0 spiro atoms. The van der Waals surface area contributed by atoms with Crippen LogP contribution in [0.5, 0.6) is 0 Å². The third kappa shape index (κ3) is 3.55. The molecule has 0 bridgehead atoms. The van der Waals surface area contributed by atoms with E-state index in [9.17, 15) is 18.0 Å². The van der Waals surface area contributed by atoms with Crippen molar-refractivity contribution in [2.24, 2.45) is 0 Å². The Balaban J connectivity index is 2.40. The van der Waals surface area contributed by atoms with Crippen LogP contribution >= 0.6 is 0 Å². The summed E-state index contributed by atoms with van der Waals surface area (Å²) in [5.41, 5.74) is -2.44. The highest BCUT2D eigenvalue weighted by molar-refractivity contribution is 5.91. The molecule has 5 nitrogen and oxygen atoms in total. The second-order valence-electron chi connectivity index (χ2n) is 6.00. The van der Waals surface area contributed by atoms with Crippen molar-refractivity contribution in [2.75, 3.05) is 13.1 Å². The number of rotatable bonds is 2. The summed E-state index contributed by atoms with van der Waals surface area (Å²) in [7, 11) is 0. The number of carbonyl (C=O) groups is 1. The predicted molar refractivity (Wildman–Crippen MR) is 68.9 cm³/mol. The minimum atomic E-state index is -4.66. The molecule has 118 valence electrons. The molecule has 1 unspecified atom stereocenters. The zero-order valence-electron chi connectivity index (χ0n) is 12.1. The van der Waals surface area contributed by atoms with E-state index >= 15 is 0 Å². The summed E-state index contributed by atoms with van der Waals surface area (Å²) >= 11 is 0. The van der Waals surface area contributed by atoms with Crippen LogP contribution in [0, 0.1) is 0 Å². The van der Waals surface area contributed by atoms with Crippen molar-refractivity contribution >= 4 is 5.97 Å². The van der Waals surface area contributed by atoms with Crippen molar-refractivity contribution in [3.8, 4) is 0 Å². The maximum atomic E-state index is 13.3. The molecular weight excluding hydrogens is 287 g/mol. The van der Waals surface area contributed by atoms with Gasteiger partial charge in [0.1, 0.15) is 11.2 Å². The zero-order chi connectivity index (χ0) is 15.8. The van der Waals surface area contributed by atoms with E-state index in [-0.39, 0.29) is 0 Å². The molecule has 1 aliphatic rings. The average Bonchev–Trinajstić information content (AvgIpc) is 2.94. The Hall–Kier alpha value is -1.57. The molecule has 1 atom stereocenters. The third-order valence-corrected chi connectivity index (χ3v) is 3.06. The Labute approximate surface area is 120 Å². The maximum absolute atomic E-state index is 13.3. The van der Waals surface area contributed by atoms with Gasteiger partial charge in [0.15, 0.2) is 5.69 Å². The highest BCUT2D eigenvalue weighted by Gasteiger charge is 2.42. The quantitative estimate of drug-likeness (QED) is 0.852. The summed E-state index contributed by atoms with van der Waals surface area (Å²) in [5, 5.41) is 6.75. The van der Waals surface area contributed by atoms with Crippen LogP contribution in [0.3, 0.4) is 0 Å². The van der Waals surface area contributed by atoms with Crippen molar-refractivity contribution in [2.45, 2.75) is 45.0 Å². The number of alkyl halides is 3. The lowest BCUT2D eigenvalue weighted by Gasteiger charge is -2.20. The van der Waals surface area contributed by atoms with Gasteiger partial charge in [-0.1, -0.05) is 0 Å². The van der Waals surface area contributed by atoms with Gasteiger partial charge in [-0.15, -0.1) is 0 Å². The fourth-order valence-corrected chi connectivity index (χ4v) is 2.25. The van der Waals surface area contributed by atoms with E-state index in [2.05, 4.69) is 10.4 Å². The summed E-state index contributed by atoms with van der Waals surface area (Å²) in [6.07, 6.45) is -3.18. The third-order valence-electron chi connectivity index (χ3n) is 3.06. The van der Waals surface area contributed by atoms with E-state index in [0.717, 1.165) is 10.9 Å². The van der Waals surface area contributed by atoms with Crippen LogP contribution in [-0.2, 0) is 10.9 Å². The van der Waals surface area contributed by atoms with Crippen molar-refractivity contribution in [1.29, 1.82) is 0 Å². The van der Waals surface area contributed by atoms with E-state index in [0.29, 0.717) is 19.5 Å². The largest absolute Gasteiger partial charge is 0.456 e. The van der Waals surface area contributed by atoms with Crippen LogP contribution in [0.4, 0.5) is 13.2 Å². The summed E-state index contributed by atoms with van der Waals surface area (Å²) in [5.74, 6) is -1.01. The normalized spacial score (nSPS) is 19.8. The minimum absolute atomic E-state index is 0.401. The van der Waals surface area contributed by atoms with Gasteiger partial charge in [0.05, 0.1) is 12.2 Å². The monoisotopic (exact) mass is 305 g/mol. The molecule has 0 aromatic carbocycles. The number of halogens is 3. The lowest BCUT2D eigenvalue weighted by molar-refractivity contribution is -0.145. The minimum Gasteiger partial charge on any atom is -0.456 e. The first-order valence-electron chi connectivity index (χ1n) is 6.68. The lowest BCUT2D eigenvalue weighted by atomic mass is 10.1. The van der Waals surface area contributed by atoms with Crippen LogP contribution < -0.4 is 5.32 Å². The van der Waals surface area contributed by atoms with Crippen LogP contribution in [0.2, 0.25) is 0 Å². The van der Waals surface area contributed by atoms with Gasteiger partial charge in [-0.3, -0.25) is 4.68 Å². The molecule has 1 aromatic heterocycles. The molecule has 1 N–H and O–H groups in total. The molecule has 1 aliphatic heterocycles. The van der Waals surface area contributed by atoms with E-state index in [4.69, 9.17) is 4.74 Å². The highest BCUT2D eigenvalue weighted by atomic mass is 19.4. The van der Waals surface area contributed by atoms with Gasteiger partial charge in [0.25, 0.3) is 0 Å². The van der Waals surface area contributed by atoms with E-state index < -0.39 is 35.0 Å². The molecule has 1 aromatic rings. The van der Waals surface area contributed by atoms with Gasteiger partial charge in [-0.05, 0) is 33.7 Å². The number of hydrogen-bond acceptors (Lipinski definition) is 4. The average molecular weight is 305 g/mol. The van der Waals surface area contributed by atoms with Crippen molar-refractivity contribution in [3.05, 3.63) is 17.5 Å². The van der Waals surface area contributed by atoms with Crippen LogP contribution in [-0.4, -0.2) is 34.4 Å². The first-order chi connectivity index (χ1) is 9.59. The Morgan fingerprint density at radius 1 is 1.43 bits per heavy atom. The highest BCUT2D eigenvalue weighted by Crippen LogP contribution is 2.35. The molecule has 0 amide bonds. The number of nitrogens with zero attached hydrogens (tertiary/aromatic N) is 2. The molecular formula is C13H18F3N3O2. The molecule has 2 heterocycles. The predicted octanol–water partition coefficient (Wildman–Crippen LogP) is 2.39. The Bertz CT molecular complexity index is 526. The van der Waals surface area contributed by atoms with Crippen LogP contribution in [0.25, 0.3) is 0 Å². The maximum Gasteiger partial charge on any atom is 0.433 e. The molecule has 1 fully saturated rings. The molecule has 0 radical (unpaired) electrons. The molecule has 21 heavy (non-hydrogen) atoms. The first-order valence-corrected chi connectivity index (χ1v) is 6.68. The molecule has 0 saturated carbocycles. The van der Waals surface area contributed by atoms with Crippen molar-refractivity contribution in [3.63, 3.8) is 0 Å². The van der Waals surface area contributed by atoms with Crippen LogP contribution in [0.1, 0.15) is 49.3 Å². The molecule has 1 saturated heterocycles. The van der Waals surface area contributed by atoms with E-state index in [1.165, 1.54) is 0 Å². The number of hydrogen-bond donors (Lipinski definition) is 1. The van der Waals surface area contributed by atoms with Crippen LogP contribution in [0.15, 0.2) is 6.20 Å². The summed E-state index contributed by atoms with van der Waals surface area (Å²) in [6.45, 7) is 5.83. The van der Waals surface area contributed by atoms with Gasteiger partial charge >= 0.3 is 12.1 Å². The number of ether oxygens (including phenoxy) is 1. The van der Waals surface area contributed by atoms with Crippen molar-refractivity contribution in [1.82, 2.24) is 15.1 Å². The van der Waals surface area contributed by atoms with Gasteiger partial charge in [-0.2, -0.15) is 18.3 Å². The second-order valence-corrected chi connectivity index (χ2v) is 6.00. The second kappa shape index (κ2) is 5.32. The van der Waals surface area contributed by atoms with Crippen molar-refractivity contribution < 1.29 is 22.7 Å². The standard InChI is InChI=1S/C13H18F3N3O2/c1-12(2,3)21-11(20)9-7-18-19(8-4-5-17-6-8)10(9)13(14,15)16/h7-8,17H,4-6H2,1-3H3. The number of nitrogens with one attached hydrogen (secondary N) is 1. The SMILES string of the molecule is CC(C)(C)OC(=O)c1cnn(C2CCNC2)c1C(F)(F)F. The molecule has 0 aliphatic carbocycles. The fourth-order valence-electron chi connectivity index (χ4n) is 2.25. The first kappa shape index (κ1) is 15.8. The lowest BCUT2D eigenvalue weighted by Crippen LogP contribution is -2.27. The van der Waals surface area contributed by atoms with E-state index in [1.54, 1.807) is 20.8 Å². The Kier molecular flexibility index (Phi) is 4.01. The van der Waals surface area contributed by atoms with Gasteiger partial charge in [0.2, 0.25) is 0 Å². The molecule has 2 rings (SSSR count). The summed E-state index contributed by atoms with van der Waals surface area (Å²) < 4.78 is 45.8. The number of aromatic nitrogens is 2. The fraction of sp³-hybridized carbons (Fsp3) is 0.692.